The van der Waals surface area contributed by atoms with Crippen molar-refractivity contribution < 1.29 is 13.2 Å². The summed E-state index contributed by atoms with van der Waals surface area (Å²) in [4.78, 5) is 11.1. The molecule has 1 rings (SSSR count). The van der Waals surface area contributed by atoms with Gasteiger partial charge in [0.2, 0.25) is 15.9 Å². The SMILES string of the molecule is CC(=O)Nc1ccccc1CNCCS(=O)(=O)N(C)C. The van der Waals surface area contributed by atoms with E-state index < -0.39 is 10.0 Å². The number of nitrogens with zero attached hydrogens (tertiary/aromatic N) is 1. The zero-order chi connectivity index (χ0) is 15.2. The van der Waals surface area contributed by atoms with Crippen LogP contribution < -0.4 is 10.6 Å². The maximum atomic E-state index is 11.6. The zero-order valence-corrected chi connectivity index (χ0v) is 12.8. The molecule has 0 heterocycles. The van der Waals surface area contributed by atoms with Crippen LogP contribution in [-0.2, 0) is 21.4 Å². The molecule has 20 heavy (non-hydrogen) atoms. The van der Waals surface area contributed by atoms with Crippen LogP contribution in [0.1, 0.15) is 12.5 Å². The smallest absolute Gasteiger partial charge is 0.221 e. The van der Waals surface area contributed by atoms with Gasteiger partial charge in [0.15, 0.2) is 0 Å². The first-order valence-corrected chi connectivity index (χ1v) is 7.90. The first-order chi connectivity index (χ1) is 9.33. The van der Waals surface area contributed by atoms with E-state index in [0.717, 1.165) is 11.3 Å². The Morgan fingerprint density at radius 2 is 1.90 bits per heavy atom. The Labute approximate surface area is 120 Å². The molecule has 1 aromatic carbocycles. The number of para-hydroxylation sites is 1. The monoisotopic (exact) mass is 299 g/mol. The minimum Gasteiger partial charge on any atom is -0.326 e. The fraction of sp³-hybridized carbons (Fsp3) is 0.462. The predicted molar refractivity (Wildman–Crippen MR) is 79.9 cm³/mol. The Morgan fingerprint density at radius 3 is 2.50 bits per heavy atom. The Hall–Kier alpha value is -1.44. The van der Waals surface area contributed by atoms with Crippen LogP contribution in [-0.4, -0.2) is 45.0 Å². The van der Waals surface area contributed by atoms with Crippen LogP contribution in [0, 0.1) is 0 Å². The highest BCUT2D eigenvalue weighted by molar-refractivity contribution is 7.89. The topological polar surface area (TPSA) is 78.5 Å². The molecule has 6 nitrogen and oxygen atoms in total. The minimum absolute atomic E-state index is 0.0440. The van der Waals surface area contributed by atoms with E-state index in [4.69, 9.17) is 0 Å². The summed E-state index contributed by atoms with van der Waals surface area (Å²) < 4.78 is 24.4. The number of hydrogen-bond donors (Lipinski definition) is 2. The van der Waals surface area contributed by atoms with Crippen molar-refractivity contribution in [3.8, 4) is 0 Å². The molecule has 0 aliphatic carbocycles. The van der Waals surface area contributed by atoms with Crippen molar-refractivity contribution in [2.45, 2.75) is 13.5 Å². The number of amides is 1. The number of nitrogens with one attached hydrogen (secondary N) is 2. The van der Waals surface area contributed by atoms with E-state index >= 15 is 0 Å². The summed E-state index contributed by atoms with van der Waals surface area (Å²) in [5.41, 5.74) is 1.66. The zero-order valence-electron chi connectivity index (χ0n) is 12.0. The van der Waals surface area contributed by atoms with Gasteiger partial charge in [-0.2, -0.15) is 0 Å². The van der Waals surface area contributed by atoms with Crippen LogP contribution in [0.3, 0.4) is 0 Å². The van der Waals surface area contributed by atoms with E-state index in [-0.39, 0.29) is 11.7 Å². The fourth-order valence-corrected chi connectivity index (χ4v) is 2.36. The van der Waals surface area contributed by atoms with Gasteiger partial charge in [0.1, 0.15) is 0 Å². The molecule has 2 N–H and O–H groups in total. The molecule has 0 atom stereocenters. The normalized spacial score (nSPS) is 11.6. The summed E-state index contributed by atoms with van der Waals surface area (Å²) >= 11 is 0. The number of sulfonamides is 1. The first kappa shape index (κ1) is 16.6. The summed E-state index contributed by atoms with van der Waals surface area (Å²) in [6.07, 6.45) is 0. The van der Waals surface area contributed by atoms with Gasteiger partial charge >= 0.3 is 0 Å². The molecule has 0 aliphatic heterocycles. The maximum absolute atomic E-state index is 11.6. The van der Waals surface area contributed by atoms with Gasteiger partial charge in [-0.25, -0.2) is 12.7 Å². The van der Waals surface area contributed by atoms with E-state index in [1.165, 1.54) is 25.3 Å². The van der Waals surface area contributed by atoms with Gasteiger partial charge in [-0.05, 0) is 11.6 Å². The second-order valence-corrected chi connectivity index (χ2v) is 6.92. The Morgan fingerprint density at radius 1 is 1.25 bits per heavy atom. The molecule has 0 saturated carbocycles. The molecule has 0 spiro atoms. The second-order valence-electron chi connectivity index (χ2n) is 4.61. The molecular formula is C13H21N3O3S. The van der Waals surface area contributed by atoms with E-state index in [1.54, 1.807) is 0 Å². The molecule has 0 unspecified atom stereocenters. The van der Waals surface area contributed by atoms with Gasteiger partial charge in [-0.15, -0.1) is 0 Å². The lowest BCUT2D eigenvalue weighted by molar-refractivity contribution is -0.114. The molecule has 0 saturated heterocycles. The molecule has 7 heteroatoms. The summed E-state index contributed by atoms with van der Waals surface area (Å²) in [6.45, 7) is 2.31. The number of hydrogen-bond acceptors (Lipinski definition) is 4. The van der Waals surface area contributed by atoms with Crippen molar-refractivity contribution in [3.05, 3.63) is 29.8 Å². The van der Waals surface area contributed by atoms with Crippen molar-refractivity contribution in [1.29, 1.82) is 0 Å². The second kappa shape index (κ2) is 7.37. The third-order valence-corrected chi connectivity index (χ3v) is 4.57. The van der Waals surface area contributed by atoms with Crippen LogP contribution in [0.4, 0.5) is 5.69 Å². The molecule has 0 radical (unpaired) electrons. The van der Waals surface area contributed by atoms with Crippen LogP contribution >= 0.6 is 0 Å². The van der Waals surface area contributed by atoms with E-state index in [1.807, 2.05) is 24.3 Å². The molecule has 0 aliphatic rings. The van der Waals surface area contributed by atoms with Gasteiger partial charge < -0.3 is 10.6 Å². The molecule has 1 aromatic rings. The summed E-state index contributed by atoms with van der Waals surface area (Å²) in [6, 6.07) is 7.41. The average molecular weight is 299 g/mol. The Bertz CT molecular complexity index is 556. The minimum atomic E-state index is -3.18. The third kappa shape index (κ3) is 5.28. The molecular weight excluding hydrogens is 278 g/mol. The average Bonchev–Trinajstić information content (AvgIpc) is 2.35. The summed E-state index contributed by atoms with van der Waals surface area (Å²) in [7, 11) is -0.150. The van der Waals surface area contributed by atoms with Crippen LogP contribution in [0.2, 0.25) is 0 Å². The molecule has 1 amide bonds. The molecule has 0 bridgehead atoms. The number of carbonyl (C=O) groups is 1. The fourth-order valence-electron chi connectivity index (χ4n) is 1.59. The van der Waals surface area contributed by atoms with Crippen LogP contribution in [0.5, 0.6) is 0 Å². The van der Waals surface area contributed by atoms with Crippen LogP contribution in [0.15, 0.2) is 24.3 Å². The Balaban J connectivity index is 2.52. The lowest BCUT2D eigenvalue weighted by Crippen LogP contribution is -2.31. The van der Waals surface area contributed by atoms with Gasteiger partial charge in [0.05, 0.1) is 5.75 Å². The van der Waals surface area contributed by atoms with Crippen molar-refractivity contribution in [3.63, 3.8) is 0 Å². The number of rotatable bonds is 7. The Kier molecular flexibility index (Phi) is 6.12. The first-order valence-electron chi connectivity index (χ1n) is 6.29. The van der Waals surface area contributed by atoms with Crippen molar-refractivity contribution in [2.75, 3.05) is 31.7 Å². The maximum Gasteiger partial charge on any atom is 0.221 e. The third-order valence-electron chi connectivity index (χ3n) is 2.74. The van der Waals surface area contributed by atoms with Gasteiger partial charge in [0, 0.05) is 39.8 Å². The summed E-state index contributed by atoms with van der Waals surface area (Å²) in [5.74, 6) is -0.0879. The molecule has 0 aromatic heterocycles. The van der Waals surface area contributed by atoms with E-state index in [2.05, 4.69) is 10.6 Å². The molecule has 112 valence electrons. The quantitative estimate of drug-likeness (QED) is 0.724. The van der Waals surface area contributed by atoms with E-state index in [9.17, 15) is 13.2 Å². The highest BCUT2D eigenvalue weighted by Gasteiger charge is 2.12. The predicted octanol–water partition coefficient (Wildman–Crippen LogP) is 0.626. The van der Waals surface area contributed by atoms with Crippen molar-refractivity contribution in [1.82, 2.24) is 9.62 Å². The highest BCUT2D eigenvalue weighted by Crippen LogP contribution is 2.14. The lowest BCUT2D eigenvalue weighted by atomic mass is 10.1. The number of benzene rings is 1. The standard InChI is InChI=1S/C13H21N3O3S/c1-11(17)15-13-7-5-4-6-12(13)10-14-8-9-20(18,19)16(2)3/h4-7,14H,8-10H2,1-3H3,(H,15,17). The van der Waals surface area contributed by atoms with Crippen LogP contribution in [0.25, 0.3) is 0 Å². The molecule has 0 fully saturated rings. The number of anilines is 1. The van der Waals surface area contributed by atoms with Gasteiger partial charge in [-0.3, -0.25) is 4.79 Å². The van der Waals surface area contributed by atoms with Crippen molar-refractivity contribution in [2.24, 2.45) is 0 Å². The van der Waals surface area contributed by atoms with E-state index in [0.29, 0.717) is 13.1 Å². The summed E-state index contributed by atoms with van der Waals surface area (Å²) in [5, 5.41) is 5.81. The highest BCUT2D eigenvalue weighted by atomic mass is 32.2. The van der Waals surface area contributed by atoms with Crippen molar-refractivity contribution >= 4 is 21.6 Å². The lowest BCUT2D eigenvalue weighted by Gasteiger charge is -2.13. The largest absolute Gasteiger partial charge is 0.326 e. The number of carbonyl (C=O) groups excluding carboxylic acids is 1. The van der Waals surface area contributed by atoms with Gasteiger partial charge in [0.25, 0.3) is 0 Å². The van der Waals surface area contributed by atoms with Gasteiger partial charge in [-0.1, -0.05) is 18.2 Å².